The van der Waals surface area contributed by atoms with E-state index in [1.165, 1.54) is 0 Å². The van der Waals surface area contributed by atoms with Crippen molar-refractivity contribution in [2.24, 2.45) is 0 Å². The van der Waals surface area contributed by atoms with Gasteiger partial charge in [-0.2, -0.15) is 0 Å². The van der Waals surface area contributed by atoms with Gasteiger partial charge >= 0.3 is 11.8 Å². The molecule has 25 heavy (non-hydrogen) atoms. The summed E-state index contributed by atoms with van der Waals surface area (Å²) in [4.78, 5) is 28.3. The predicted octanol–water partition coefficient (Wildman–Crippen LogP) is 2.91. The Balaban J connectivity index is 2.06. The highest BCUT2D eigenvalue weighted by Gasteiger charge is 2.20. The Labute approximate surface area is 147 Å². The van der Waals surface area contributed by atoms with Crippen LogP contribution in [0, 0.1) is 13.8 Å². The van der Waals surface area contributed by atoms with E-state index < -0.39 is 11.8 Å². The second kappa shape index (κ2) is 8.28. The molecule has 1 aromatic carbocycles. The molecule has 0 saturated heterocycles. The average molecular weight is 341 g/mol. The summed E-state index contributed by atoms with van der Waals surface area (Å²) in [5.41, 5.74) is 2.82. The second-order valence-electron chi connectivity index (χ2n) is 5.84. The Bertz CT molecular complexity index is 774. The molecule has 0 fully saturated rings. The first-order valence-corrected chi connectivity index (χ1v) is 8.18. The summed E-state index contributed by atoms with van der Waals surface area (Å²) < 4.78 is 5.60. The number of benzene rings is 1. The van der Waals surface area contributed by atoms with E-state index in [2.05, 4.69) is 15.6 Å². The van der Waals surface area contributed by atoms with Gasteiger partial charge in [0.15, 0.2) is 0 Å². The van der Waals surface area contributed by atoms with Crippen LogP contribution in [0.1, 0.15) is 36.6 Å². The molecule has 0 radical (unpaired) electrons. The molecule has 1 heterocycles. The van der Waals surface area contributed by atoms with E-state index in [0.717, 1.165) is 16.7 Å². The molecule has 0 bridgehead atoms. The Morgan fingerprint density at radius 3 is 2.52 bits per heavy atom. The average Bonchev–Trinajstić information content (AvgIpc) is 2.56. The fourth-order valence-corrected chi connectivity index (χ4v) is 2.41. The number of amides is 2. The van der Waals surface area contributed by atoms with Crippen molar-refractivity contribution in [2.45, 2.75) is 33.7 Å². The zero-order chi connectivity index (χ0) is 18.4. The minimum atomic E-state index is -0.754. The molecule has 1 unspecified atom stereocenters. The predicted molar refractivity (Wildman–Crippen MR) is 96.5 cm³/mol. The first-order chi connectivity index (χ1) is 11.9. The van der Waals surface area contributed by atoms with Gasteiger partial charge in [0.1, 0.15) is 11.6 Å². The third-order valence-corrected chi connectivity index (χ3v) is 3.64. The van der Waals surface area contributed by atoms with E-state index in [-0.39, 0.29) is 6.04 Å². The molecular weight excluding hydrogens is 318 g/mol. The van der Waals surface area contributed by atoms with Crippen molar-refractivity contribution in [3.63, 3.8) is 0 Å². The van der Waals surface area contributed by atoms with Gasteiger partial charge < -0.3 is 15.4 Å². The van der Waals surface area contributed by atoms with Crippen molar-refractivity contribution in [2.75, 3.05) is 11.9 Å². The zero-order valence-corrected chi connectivity index (χ0v) is 14.9. The third kappa shape index (κ3) is 5.04. The number of rotatable bonds is 5. The van der Waals surface area contributed by atoms with Gasteiger partial charge in [0, 0.05) is 11.8 Å². The fourth-order valence-electron chi connectivity index (χ4n) is 2.41. The largest absolute Gasteiger partial charge is 0.494 e. The highest BCUT2D eigenvalue weighted by atomic mass is 16.5. The smallest absolute Gasteiger partial charge is 0.314 e. The Kier molecular flexibility index (Phi) is 6.11. The van der Waals surface area contributed by atoms with Crippen molar-refractivity contribution < 1.29 is 14.3 Å². The van der Waals surface area contributed by atoms with Crippen molar-refractivity contribution in [1.29, 1.82) is 0 Å². The molecule has 0 saturated carbocycles. The van der Waals surface area contributed by atoms with Gasteiger partial charge in [-0.15, -0.1) is 0 Å². The van der Waals surface area contributed by atoms with Crippen LogP contribution >= 0.6 is 0 Å². The number of aryl methyl sites for hydroxylation is 2. The minimum absolute atomic E-state index is 0.346. The maximum atomic E-state index is 12.2. The van der Waals surface area contributed by atoms with Crippen LogP contribution in [0.25, 0.3) is 0 Å². The summed E-state index contributed by atoms with van der Waals surface area (Å²) in [6, 6.07) is 8.89. The van der Waals surface area contributed by atoms with Gasteiger partial charge in [0.25, 0.3) is 0 Å². The summed E-state index contributed by atoms with van der Waals surface area (Å²) in [5, 5.41) is 5.20. The molecule has 132 valence electrons. The number of pyridine rings is 1. The van der Waals surface area contributed by atoms with Crippen molar-refractivity contribution in [1.82, 2.24) is 10.3 Å². The maximum Gasteiger partial charge on any atom is 0.314 e. The normalized spacial score (nSPS) is 11.5. The highest BCUT2D eigenvalue weighted by molar-refractivity contribution is 6.39. The molecule has 0 aliphatic rings. The first-order valence-electron chi connectivity index (χ1n) is 8.18. The van der Waals surface area contributed by atoms with Crippen LogP contribution in [0.2, 0.25) is 0 Å². The number of anilines is 1. The van der Waals surface area contributed by atoms with E-state index >= 15 is 0 Å². The van der Waals surface area contributed by atoms with Crippen LogP contribution < -0.4 is 15.4 Å². The molecule has 2 N–H and O–H groups in total. The molecular formula is C19H23N3O3. The molecule has 1 aromatic heterocycles. The lowest BCUT2D eigenvalue weighted by molar-refractivity contribution is -0.136. The molecule has 2 rings (SSSR count). The molecule has 2 amide bonds. The number of hydrogen-bond donors (Lipinski definition) is 2. The summed E-state index contributed by atoms with van der Waals surface area (Å²) in [5.74, 6) is -0.435. The number of nitrogens with zero attached hydrogens (tertiary/aromatic N) is 1. The van der Waals surface area contributed by atoms with Crippen molar-refractivity contribution in [3.8, 4) is 5.75 Å². The van der Waals surface area contributed by atoms with Crippen molar-refractivity contribution >= 4 is 17.6 Å². The minimum Gasteiger partial charge on any atom is -0.494 e. The Morgan fingerprint density at radius 1 is 1.12 bits per heavy atom. The van der Waals surface area contributed by atoms with Crippen LogP contribution in [0.3, 0.4) is 0 Å². The van der Waals surface area contributed by atoms with Crippen molar-refractivity contribution in [3.05, 3.63) is 53.2 Å². The first kappa shape index (κ1) is 18.4. The lowest BCUT2D eigenvalue weighted by Gasteiger charge is -2.18. The standard InChI is InChI=1S/C19H23N3O3/c1-5-25-16-7-6-12(2)10-15(16)14(4)21-18(23)19(24)22-17-11-13(3)8-9-20-17/h6-11,14H,5H2,1-4H3,(H,21,23)(H,20,22,24). The number of aromatic nitrogens is 1. The molecule has 0 aliphatic carbocycles. The van der Waals surface area contributed by atoms with Crippen LogP contribution in [-0.2, 0) is 9.59 Å². The lowest BCUT2D eigenvalue weighted by Crippen LogP contribution is -2.37. The summed E-state index contributed by atoms with van der Waals surface area (Å²) in [6.45, 7) is 8.08. The van der Waals surface area contributed by atoms with E-state index in [1.54, 1.807) is 12.3 Å². The molecule has 0 aliphatic heterocycles. The number of nitrogens with one attached hydrogen (secondary N) is 2. The SMILES string of the molecule is CCOc1ccc(C)cc1C(C)NC(=O)C(=O)Nc1cc(C)ccn1. The number of ether oxygens (including phenoxy) is 1. The molecule has 6 heteroatoms. The summed E-state index contributed by atoms with van der Waals surface area (Å²) >= 11 is 0. The molecule has 1 atom stereocenters. The lowest BCUT2D eigenvalue weighted by atomic mass is 10.0. The van der Waals surface area contributed by atoms with Crippen LogP contribution in [-0.4, -0.2) is 23.4 Å². The van der Waals surface area contributed by atoms with E-state index in [9.17, 15) is 9.59 Å². The van der Waals surface area contributed by atoms with E-state index in [1.807, 2.05) is 52.0 Å². The summed E-state index contributed by atoms with van der Waals surface area (Å²) in [6.07, 6.45) is 1.58. The topological polar surface area (TPSA) is 80.3 Å². The quantitative estimate of drug-likeness (QED) is 0.820. The van der Waals surface area contributed by atoms with Gasteiger partial charge in [0.2, 0.25) is 0 Å². The molecule has 6 nitrogen and oxygen atoms in total. The van der Waals surface area contributed by atoms with E-state index in [4.69, 9.17) is 4.74 Å². The highest BCUT2D eigenvalue weighted by Crippen LogP contribution is 2.26. The molecule has 0 spiro atoms. The van der Waals surface area contributed by atoms with E-state index in [0.29, 0.717) is 18.2 Å². The Hall–Kier alpha value is -2.89. The fraction of sp³-hybridized carbons (Fsp3) is 0.316. The molecule has 2 aromatic rings. The zero-order valence-electron chi connectivity index (χ0n) is 14.9. The van der Waals surface area contributed by atoms with Crippen LogP contribution in [0.4, 0.5) is 5.82 Å². The number of hydrogen-bond acceptors (Lipinski definition) is 4. The monoisotopic (exact) mass is 341 g/mol. The van der Waals surface area contributed by atoms with Gasteiger partial charge in [-0.05, 0) is 51.5 Å². The van der Waals surface area contributed by atoms with Crippen LogP contribution in [0.15, 0.2) is 36.5 Å². The second-order valence-corrected chi connectivity index (χ2v) is 5.84. The number of carbonyl (C=O) groups excluding carboxylic acids is 2. The third-order valence-electron chi connectivity index (χ3n) is 3.64. The maximum absolute atomic E-state index is 12.2. The van der Waals surface area contributed by atoms with Gasteiger partial charge in [-0.25, -0.2) is 4.98 Å². The van der Waals surface area contributed by atoms with Gasteiger partial charge in [-0.3, -0.25) is 9.59 Å². The Morgan fingerprint density at radius 2 is 1.84 bits per heavy atom. The van der Waals surface area contributed by atoms with Crippen LogP contribution in [0.5, 0.6) is 5.75 Å². The number of carbonyl (C=O) groups is 2. The van der Waals surface area contributed by atoms with Gasteiger partial charge in [0.05, 0.1) is 12.6 Å². The summed E-state index contributed by atoms with van der Waals surface area (Å²) in [7, 11) is 0. The van der Waals surface area contributed by atoms with Gasteiger partial charge in [-0.1, -0.05) is 17.7 Å².